The van der Waals surface area contributed by atoms with Gasteiger partial charge in [0.1, 0.15) is 29.6 Å². The molecule has 3 aromatic heterocycles. The summed E-state index contributed by atoms with van der Waals surface area (Å²) in [6.07, 6.45) is -1.37. The molecule has 0 aliphatic rings. The van der Waals surface area contributed by atoms with E-state index in [0.29, 0.717) is 17.0 Å². The Balaban J connectivity index is 1.66. The molecule has 0 fully saturated rings. The van der Waals surface area contributed by atoms with Gasteiger partial charge in [0.2, 0.25) is 5.89 Å². The van der Waals surface area contributed by atoms with Gasteiger partial charge < -0.3 is 9.15 Å². The highest BCUT2D eigenvalue weighted by Gasteiger charge is 2.19. The van der Waals surface area contributed by atoms with Gasteiger partial charge >= 0.3 is 6.43 Å². The minimum atomic E-state index is -2.91. The summed E-state index contributed by atoms with van der Waals surface area (Å²) < 4.78 is 52.2. The third-order valence-corrected chi connectivity index (χ3v) is 4.36. The molecule has 0 radical (unpaired) electrons. The van der Waals surface area contributed by atoms with Crippen LogP contribution in [0.4, 0.5) is 13.2 Å². The highest BCUT2D eigenvalue weighted by atomic mass is 19.3. The number of benzene rings is 1. The van der Waals surface area contributed by atoms with E-state index >= 15 is 0 Å². The van der Waals surface area contributed by atoms with Gasteiger partial charge in [0, 0.05) is 30.1 Å². The Morgan fingerprint density at radius 2 is 1.93 bits per heavy atom. The first kappa shape index (κ1) is 19.6. The highest BCUT2D eigenvalue weighted by Crippen LogP contribution is 2.32. The van der Waals surface area contributed by atoms with Crippen molar-refractivity contribution in [3.05, 3.63) is 65.7 Å². The van der Waals surface area contributed by atoms with E-state index in [1.165, 1.54) is 12.1 Å². The lowest BCUT2D eigenvalue weighted by atomic mass is 10.1. The second kappa shape index (κ2) is 7.97. The van der Waals surface area contributed by atoms with E-state index in [1.807, 2.05) is 20.0 Å². The third kappa shape index (κ3) is 4.02. The van der Waals surface area contributed by atoms with Crippen LogP contribution in [-0.2, 0) is 13.7 Å². The molecular weight excluding hydrogens is 399 g/mol. The van der Waals surface area contributed by atoms with Gasteiger partial charge in [0.25, 0.3) is 5.89 Å². The molecule has 0 saturated carbocycles. The topological polar surface area (TPSA) is 78.9 Å². The first-order valence-electron chi connectivity index (χ1n) is 8.91. The number of halogens is 3. The van der Waals surface area contributed by atoms with Crippen molar-refractivity contribution in [2.45, 2.75) is 20.0 Å². The van der Waals surface area contributed by atoms with Gasteiger partial charge in [-0.05, 0) is 43.3 Å². The molecule has 0 aliphatic heterocycles. The standard InChI is InChI=1S/C20H16F3N5O2/c1-11-6-15(27-28(11)2)10-29-16-4-3-5-24-17(16)12-7-13(9-14(21)8-12)19-25-26-20(30-19)18(22)23/h3-9,18H,10H2,1-2H3. The molecule has 0 spiro atoms. The lowest BCUT2D eigenvalue weighted by molar-refractivity contribution is 0.116. The van der Waals surface area contributed by atoms with Crippen molar-refractivity contribution in [2.24, 2.45) is 7.05 Å². The summed E-state index contributed by atoms with van der Waals surface area (Å²) in [5.41, 5.74) is 2.61. The Morgan fingerprint density at radius 3 is 2.63 bits per heavy atom. The van der Waals surface area contributed by atoms with Crippen LogP contribution in [0.25, 0.3) is 22.7 Å². The van der Waals surface area contributed by atoms with Gasteiger partial charge in [-0.25, -0.2) is 4.39 Å². The van der Waals surface area contributed by atoms with Gasteiger partial charge in [0.15, 0.2) is 0 Å². The van der Waals surface area contributed by atoms with E-state index in [2.05, 4.69) is 20.3 Å². The summed E-state index contributed by atoms with van der Waals surface area (Å²) in [7, 11) is 1.83. The van der Waals surface area contributed by atoms with Gasteiger partial charge in [-0.3, -0.25) is 9.67 Å². The van der Waals surface area contributed by atoms with Crippen molar-refractivity contribution in [3.63, 3.8) is 0 Å². The number of hydrogen-bond acceptors (Lipinski definition) is 6. The molecule has 30 heavy (non-hydrogen) atoms. The quantitative estimate of drug-likeness (QED) is 0.462. The van der Waals surface area contributed by atoms with Crippen LogP contribution < -0.4 is 4.74 Å². The Hall–Kier alpha value is -3.69. The summed E-state index contributed by atoms with van der Waals surface area (Å²) in [5, 5.41) is 11.2. The highest BCUT2D eigenvalue weighted by molar-refractivity contribution is 5.71. The largest absolute Gasteiger partial charge is 0.485 e. The number of aromatic nitrogens is 5. The van der Waals surface area contributed by atoms with Crippen molar-refractivity contribution in [1.82, 2.24) is 25.0 Å². The van der Waals surface area contributed by atoms with E-state index < -0.39 is 18.1 Å². The van der Waals surface area contributed by atoms with Crippen LogP contribution in [0.5, 0.6) is 5.75 Å². The number of pyridine rings is 1. The Morgan fingerprint density at radius 1 is 1.13 bits per heavy atom. The molecule has 154 valence electrons. The first-order valence-corrected chi connectivity index (χ1v) is 8.91. The predicted molar refractivity (Wildman–Crippen MR) is 100 cm³/mol. The average Bonchev–Trinajstić information content (AvgIpc) is 3.33. The van der Waals surface area contributed by atoms with Crippen molar-refractivity contribution < 1.29 is 22.3 Å². The number of hydrogen-bond donors (Lipinski definition) is 0. The fourth-order valence-electron chi connectivity index (χ4n) is 2.87. The molecule has 0 N–H and O–H groups in total. The van der Waals surface area contributed by atoms with E-state index in [0.717, 1.165) is 17.5 Å². The van der Waals surface area contributed by atoms with Crippen molar-refractivity contribution in [3.8, 4) is 28.5 Å². The van der Waals surface area contributed by atoms with Crippen LogP contribution in [0.15, 0.2) is 47.0 Å². The Kier molecular flexibility index (Phi) is 5.21. The zero-order valence-corrected chi connectivity index (χ0v) is 16.0. The first-order chi connectivity index (χ1) is 14.4. The van der Waals surface area contributed by atoms with Crippen molar-refractivity contribution in [1.29, 1.82) is 0 Å². The summed E-state index contributed by atoms with van der Waals surface area (Å²) in [5.74, 6) is -1.25. The van der Waals surface area contributed by atoms with Gasteiger partial charge in [-0.1, -0.05) is 0 Å². The molecular formula is C20H16F3N5O2. The molecule has 0 amide bonds. The molecule has 0 bridgehead atoms. The SMILES string of the molecule is Cc1cc(COc2cccnc2-c2cc(F)cc(-c3nnc(C(F)F)o3)c2)nn1C. The fraction of sp³-hybridized carbons (Fsp3) is 0.200. The molecule has 10 heteroatoms. The molecule has 0 saturated heterocycles. The fourth-order valence-corrected chi connectivity index (χ4v) is 2.87. The second-order valence-corrected chi connectivity index (χ2v) is 6.51. The van der Waals surface area contributed by atoms with E-state index in [4.69, 9.17) is 9.15 Å². The summed E-state index contributed by atoms with van der Waals surface area (Å²) in [4.78, 5) is 4.29. The number of ether oxygens (including phenoxy) is 1. The summed E-state index contributed by atoms with van der Waals surface area (Å²) >= 11 is 0. The summed E-state index contributed by atoms with van der Waals surface area (Å²) in [6.45, 7) is 2.13. The Labute approximate surface area is 169 Å². The number of rotatable bonds is 6. The lowest BCUT2D eigenvalue weighted by Crippen LogP contribution is -2.00. The average molecular weight is 415 g/mol. The zero-order chi connectivity index (χ0) is 21.3. The van der Waals surface area contributed by atoms with Crippen molar-refractivity contribution in [2.75, 3.05) is 0 Å². The molecule has 4 aromatic rings. The molecule has 1 aromatic carbocycles. The van der Waals surface area contributed by atoms with Crippen LogP contribution in [0.1, 0.15) is 23.7 Å². The smallest absolute Gasteiger partial charge is 0.314 e. The van der Waals surface area contributed by atoms with Gasteiger partial charge in [-0.2, -0.15) is 13.9 Å². The third-order valence-electron chi connectivity index (χ3n) is 4.36. The maximum atomic E-state index is 14.3. The zero-order valence-electron chi connectivity index (χ0n) is 16.0. The molecule has 3 heterocycles. The van der Waals surface area contributed by atoms with E-state index in [9.17, 15) is 13.2 Å². The predicted octanol–water partition coefficient (Wildman–Crippen LogP) is 4.50. The van der Waals surface area contributed by atoms with Gasteiger partial charge in [0.05, 0.1) is 0 Å². The minimum absolute atomic E-state index is 0.154. The molecule has 0 unspecified atom stereocenters. The molecule has 4 rings (SSSR count). The maximum absolute atomic E-state index is 14.3. The molecule has 7 nitrogen and oxygen atoms in total. The Bertz CT molecular complexity index is 1170. The molecule has 0 aliphatic carbocycles. The minimum Gasteiger partial charge on any atom is -0.485 e. The monoisotopic (exact) mass is 415 g/mol. The normalized spacial score (nSPS) is 11.3. The van der Waals surface area contributed by atoms with Crippen LogP contribution in [0.3, 0.4) is 0 Å². The van der Waals surface area contributed by atoms with Crippen molar-refractivity contribution >= 4 is 0 Å². The van der Waals surface area contributed by atoms with Gasteiger partial charge in [-0.15, -0.1) is 10.2 Å². The van der Waals surface area contributed by atoms with Crippen LogP contribution in [0.2, 0.25) is 0 Å². The van der Waals surface area contributed by atoms with Crippen LogP contribution in [0, 0.1) is 12.7 Å². The second-order valence-electron chi connectivity index (χ2n) is 6.51. The molecule has 0 atom stereocenters. The number of alkyl halides is 2. The maximum Gasteiger partial charge on any atom is 0.314 e. The van der Waals surface area contributed by atoms with E-state index in [-0.39, 0.29) is 18.1 Å². The van der Waals surface area contributed by atoms with E-state index in [1.54, 1.807) is 23.0 Å². The summed E-state index contributed by atoms with van der Waals surface area (Å²) in [6, 6.07) is 9.18. The number of nitrogens with zero attached hydrogens (tertiary/aromatic N) is 5. The van der Waals surface area contributed by atoms with Crippen LogP contribution >= 0.6 is 0 Å². The lowest BCUT2D eigenvalue weighted by Gasteiger charge is -2.10. The number of aryl methyl sites for hydroxylation is 2. The van der Waals surface area contributed by atoms with Crippen LogP contribution in [-0.4, -0.2) is 25.0 Å².